The fraction of sp³-hybridized carbons (Fsp3) is 0.308. The van der Waals surface area contributed by atoms with Gasteiger partial charge in [-0.05, 0) is 59.3 Å². The van der Waals surface area contributed by atoms with Gasteiger partial charge in [0.25, 0.3) is 0 Å². The predicted octanol–water partition coefficient (Wildman–Crippen LogP) is 5.50. The van der Waals surface area contributed by atoms with Crippen molar-refractivity contribution in [3.63, 3.8) is 0 Å². The number of benzene rings is 3. The van der Waals surface area contributed by atoms with E-state index in [4.69, 9.17) is 18.9 Å². The summed E-state index contributed by atoms with van der Waals surface area (Å²) in [4.78, 5) is 3.62. The van der Waals surface area contributed by atoms with Crippen LogP contribution in [0.1, 0.15) is 11.1 Å². The first-order valence-corrected chi connectivity index (χ1v) is 11.8. The highest BCUT2D eigenvalue weighted by atomic mass is 32.2. The van der Waals surface area contributed by atoms with Crippen molar-refractivity contribution in [3.05, 3.63) is 65.7 Å². The summed E-state index contributed by atoms with van der Waals surface area (Å²) in [6.07, 6.45) is 2.09. The van der Waals surface area contributed by atoms with Crippen molar-refractivity contribution in [1.82, 2.24) is 4.90 Å². The maximum atomic E-state index is 6.14. The van der Waals surface area contributed by atoms with Crippen LogP contribution in [0.15, 0.2) is 59.5 Å². The monoisotopic (exact) mass is 451 g/mol. The number of hydrogen-bond acceptors (Lipinski definition) is 6. The normalized spacial score (nSPS) is 13.6. The van der Waals surface area contributed by atoms with Crippen LogP contribution in [0.4, 0.5) is 0 Å². The lowest BCUT2D eigenvalue weighted by atomic mass is 10.0. The van der Waals surface area contributed by atoms with Crippen molar-refractivity contribution in [3.8, 4) is 34.1 Å². The standard InChI is InChI=1S/C26H29NO4S/c1-28-22-11-18(12-23(15-22)29-2)16-27-9-10-31-26-21(17-27)13-20(14-25(26)30-3)19-5-7-24(32-4)8-6-19/h5-8,11-15H,9-10,16-17H2,1-4H3. The van der Waals surface area contributed by atoms with E-state index in [1.165, 1.54) is 4.90 Å². The third kappa shape index (κ3) is 4.97. The highest BCUT2D eigenvalue weighted by molar-refractivity contribution is 7.98. The van der Waals surface area contributed by atoms with Gasteiger partial charge in [-0.1, -0.05) is 12.1 Å². The molecule has 5 nitrogen and oxygen atoms in total. The maximum absolute atomic E-state index is 6.14. The van der Waals surface area contributed by atoms with Gasteiger partial charge in [-0.2, -0.15) is 0 Å². The fourth-order valence-corrected chi connectivity index (χ4v) is 4.40. The molecule has 4 rings (SSSR count). The topological polar surface area (TPSA) is 40.2 Å². The molecule has 0 aromatic heterocycles. The van der Waals surface area contributed by atoms with Crippen LogP contribution in [-0.4, -0.2) is 45.6 Å². The minimum absolute atomic E-state index is 0.603. The van der Waals surface area contributed by atoms with Crippen LogP contribution in [0.3, 0.4) is 0 Å². The van der Waals surface area contributed by atoms with Crippen LogP contribution >= 0.6 is 11.8 Å². The second-order valence-corrected chi connectivity index (χ2v) is 8.55. The van der Waals surface area contributed by atoms with E-state index in [0.29, 0.717) is 6.61 Å². The van der Waals surface area contributed by atoms with E-state index in [1.54, 1.807) is 33.1 Å². The molecule has 1 aliphatic rings. The third-order valence-electron chi connectivity index (χ3n) is 5.64. The second kappa shape index (κ2) is 10.2. The second-order valence-electron chi connectivity index (χ2n) is 7.68. The van der Waals surface area contributed by atoms with Gasteiger partial charge in [0.05, 0.1) is 21.3 Å². The number of ether oxygens (including phenoxy) is 4. The lowest BCUT2D eigenvalue weighted by molar-refractivity contribution is 0.216. The lowest BCUT2D eigenvalue weighted by Crippen LogP contribution is -2.25. The Morgan fingerprint density at radius 2 is 1.59 bits per heavy atom. The Morgan fingerprint density at radius 1 is 0.875 bits per heavy atom. The number of thioether (sulfide) groups is 1. The summed E-state index contributed by atoms with van der Waals surface area (Å²) in [6, 6.07) is 18.9. The van der Waals surface area contributed by atoms with Gasteiger partial charge < -0.3 is 18.9 Å². The van der Waals surface area contributed by atoms with Crippen LogP contribution in [0, 0.1) is 0 Å². The largest absolute Gasteiger partial charge is 0.497 e. The van der Waals surface area contributed by atoms with Crippen LogP contribution < -0.4 is 18.9 Å². The molecule has 0 amide bonds. The van der Waals surface area contributed by atoms with Gasteiger partial charge in [-0.15, -0.1) is 11.8 Å². The lowest BCUT2D eigenvalue weighted by Gasteiger charge is -2.20. The molecule has 32 heavy (non-hydrogen) atoms. The van der Waals surface area contributed by atoms with Gasteiger partial charge in [0.15, 0.2) is 11.5 Å². The zero-order valence-electron chi connectivity index (χ0n) is 19.0. The molecule has 0 atom stereocenters. The summed E-state index contributed by atoms with van der Waals surface area (Å²) in [6.45, 7) is 2.95. The molecular formula is C26H29NO4S. The molecule has 0 saturated heterocycles. The van der Waals surface area contributed by atoms with Crippen LogP contribution in [0.5, 0.6) is 23.0 Å². The first kappa shape index (κ1) is 22.4. The van der Waals surface area contributed by atoms with Gasteiger partial charge in [0.2, 0.25) is 0 Å². The van der Waals surface area contributed by atoms with E-state index < -0.39 is 0 Å². The molecule has 0 bridgehead atoms. The maximum Gasteiger partial charge on any atom is 0.165 e. The summed E-state index contributed by atoms with van der Waals surface area (Å²) >= 11 is 1.74. The number of nitrogens with zero attached hydrogens (tertiary/aromatic N) is 1. The van der Waals surface area contributed by atoms with Crippen LogP contribution in [0.25, 0.3) is 11.1 Å². The highest BCUT2D eigenvalue weighted by Gasteiger charge is 2.21. The van der Waals surface area contributed by atoms with E-state index in [0.717, 1.165) is 64.9 Å². The van der Waals surface area contributed by atoms with Crippen molar-refractivity contribution < 1.29 is 18.9 Å². The van der Waals surface area contributed by atoms with Crippen LogP contribution in [-0.2, 0) is 13.1 Å². The van der Waals surface area contributed by atoms with E-state index >= 15 is 0 Å². The number of hydrogen-bond donors (Lipinski definition) is 0. The zero-order valence-corrected chi connectivity index (χ0v) is 19.8. The molecule has 0 saturated carbocycles. The van der Waals surface area contributed by atoms with Crippen molar-refractivity contribution in [2.75, 3.05) is 40.7 Å². The third-order valence-corrected chi connectivity index (χ3v) is 6.38. The summed E-state index contributed by atoms with van der Waals surface area (Å²) in [5.74, 6) is 3.20. The SMILES string of the molecule is COc1cc(CN2CCOc3c(cc(-c4ccc(SC)cc4)cc3OC)C2)cc(OC)c1. The molecule has 0 spiro atoms. The summed E-state index contributed by atoms with van der Waals surface area (Å²) in [7, 11) is 5.05. The van der Waals surface area contributed by atoms with Gasteiger partial charge in [0, 0.05) is 36.2 Å². The highest BCUT2D eigenvalue weighted by Crippen LogP contribution is 2.39. The van der Waals surface area contributed by atoms with Crippen molar-refractivity contribution in [1.29, 1.82) is 0 Å². The molecule has 0 unspecified atom stereocenters. The van der Waals surface area contributed by atoms with Crippen molar-refractivity contribution in [2.24, 2.45) is 0 Å². The summed E-state index contributed by atoms with van der Waals surface area (Å²) in [5.41, 5.74) is 4.56. The Labute approximate surface area is 194 Å². The molecule has 0 aliphatic carbocycles. The first-order chi connectivity index (χ1) is 15.6. The minimum Gasteiger partial charge on any atom is -0.497 e. The molecule has 0 N–H and O–H groups in total. The Bertz CT molecular complexity index is 1050. The average molecular weight is 452 g/mol. The van der Waals surface area contributed by atoms with Crippen molar-refractivity contribution in [2.45, 2.75) is 18.0 Å². The van der Waals surface area contributed by atoms with Gasteiger partial charge in [-0.3, -0.25) is 4.90 Å². The Morgan fingerprint density at radius 3 is 2.22 bits per heavy atom. The molecule has 168 valence electrons. The quantitative estimate of drug-likeness (QED) is 0.442. The van der Waals surface area contributed by atoms with Crippen molar-refractivity contribution >= 4 is 11.8 Å². The number of rotatable bonds is 7. The molecule has 6 heteroatoms. The first-order valence-electron chi connectivity index (χ1n) is 10.6. The Balaban J connectivity index is 1.64. The molecule has 0 fully saturated rings. The van der Waals surface area contributed by atoms with E-state index in [1.807, 2.05) is 6.07 Å². The number of methoxy groups -OCH3 is 3. The molecule has 1 heterocycles. The predicted molar refractivity (Wildman–Crippen MR) is 129 cm³/mol. The van der Waals surface area contributed by atoms with Gasteiger partial charge in [0.1, 0.15) is 18.1 Å². The van der Waals surface area contributed by atoms with E-state index in [-0.39, 0.29) is 0 Å². The Hall–Kier alpha value is -2.83. The van der Waals surface area contributed by atoms with Gasteiger partial charge in [-0.25, -0.2) is 0 Å². The molecule has 3 aromatic rings. The average Bonchev–Trinajstić information content (AvgIpc) is 3.04. The minimum atomic E-state index is 0.603. The fourth-order valence-electron chi connectivity index (χ4n) is 3.99. The molecule has 3 aromatic carbocycles. The molecule has 0 radical (unpaired) electrons. The summed E-state index contributed by atoms with van der Waals surface area (Å²) < 4.78 is 22.7. The van der Waals surface area contributed by atoms with Crippen LogP contribution in [0.2, 0.25) is 0 Å². The smallest absolute Gasteiger partial charge is 0.165 e. The van der Waals surface area contributed by atoms with Gasteiger partial charge >= 0.3 is 0 Å². The van der Waals surface area contributed by atoms with E-state index in [9.17, 15) is 0 Å². The molecular weight excluding hydrogens is 422 g/mol. The summed E-state index contributed by atoms with van der Waals surface area (Å²) in [5, 5.41) is 0. The molecule has 1 aliphatic heterocycles. The number of fused-ring (bicyclic) bond motifs is 1. The Kier molecular flexibility index (Phi) is 7.12. The zero-order chi connectivity index (χ0) is 22.5. The van der Waals surface area contributed by atoms with E-state index in [2.05, 4.69) is 59.7 Å².